The fourth-order valence-corrected chi connectivity index (χ4v) is 2.25. The quantitative estimate of drug-likeness (QED) is 0.244. The van der Waals surface area contributed by atoms with Crippen LogP contribution in [0.3, 0.4) is 0 Å². The fourth-order valence-electron chi connectivity index (χ4n) is 2.15. The van der Waals surface area contributed by atoms with Gasteiger partial charge in [0.25, 0.3) is 0 Å². The zero-order valence-electron chi connectivity index (χ0n) is 13.7. The molecule has 0 atom stereocenters. The average molecular weight is 558 g/mol. The number of rotatable bonds is 2. The first-order chi connectivity index (χ1) is 11.2. The summed E-state index contributed by atoms with van der Waals surface area (Å²) in [5.41, 5.74) is 12.7. The number of hydrogen-bond acceptors (Lipinski definition) is 4. The van der Waals surface area contributed by atoms with Crippen LogP contribution < -0.4 is 34.5 Å². The number of aromatic nitrogens is 1. The van der Waals surface area contributed by atoms with Crippen LogP contribution in [0.25, 0.3) is 21.8 Å². The number of halogens is 1. The summed E-state index contributed by atoms with van der Waals surface area (Å²) in [5.74, 6) is 0. The first-order valence-corrected chi connectivity index (χ1v) is 7.78. The van der Waals surface area contributed by atoms with Crippen molar-refractivity contribution in [1.29, 1.82) is 0 Å². The second-order valence-electron chi connectivity index (χ2n) is 4.80. The molecule has 1 aromatic heterocycles. The predicted molar refractivity (Wildman–Crippen MR) is 103 cm³/mol. The van der Waals surface area contributed by atoms with Crippen molar-refractivity contribution in [1.82, 2.24) is 10.3 Å². The van der Waals surface area contributed by atoms with Gasteiger partial charge in [-0.2, -0.15) is 0 Å². The van der Waals surface area contributed by atoms with Gasteiger partial charge >= 0.3 is 21.1 Å². The summed E-state index contributed by atoms with van der Waals surface area (Å²) in [7, 11) is 1.81. The van der Waals surface area contributed by atoms with Crippen molar-refractivity contribution >= 4 is 44.8 Å². The van der Waals surface area contributed by atoms with E-state index in [-0.39, 0.29) is 33.5 Å². The number of nitrogens with one attached hydrogen (secondary N) is 2. The van der Waals surface area contributed by atoms with E-state index in [0.717, 1.165) is 27.5 Å². The number of benzene rings is 2. The van der Waals surface area contributed by atoms with Crippen molar-refractivity contribution < 1.29 is 33.5 Å². The van der Waals surface area contributed by atoms with E-state index in [0.29, 0.717) is 18.2 Å². The van der Waals surface area contributed by atoms with E-state index in [1.807, 2.05) is 36.4 Å². The molecule has 1 heterocycles. The van der Waals surface area contributed by atoms with E-state index in [2.05, 4.69) is 27.8 Å². The van der Waals surface area contributed by atoms with Crippen LogP contribution in [0.5, 0.6) is 0 Å². The molecule has 0 fully saturated rings. The Labute approximate surface area is 173 Å². The summed E-state index contributed by atoms with van der Waals surface area (Å²) < 4.78 is 0. The van der Waals surface area contributed by atoms with Crippen molar-refractivity contribution in [3.8, 4) is 0 Å². The van der Waals surface area contributed by atoms with Gasteiger partial charge < -0.3 is 34.5 Å². The number of nitrogens with zero attached hydrogens (tertiary/aromatic N) is 1. The minimum Gasteiger partial charge on any atom is -1.00 e. The van der Waals surface area contributed by atoms with E-state index >= 15 is 0 Å². The monoisotopic (exact) mass is 557 g/mol. The molecule has 6 N–H and O–H groups in total. The van der Waals surface area contributed by atoms with Crippen LogP contribution in [0, 0.1) is 0 Å². The minimum absolute atomic E-state index is 0. The minimum atomic E-state index is 0. The largest absolute Gasteiger partial charge is 2.00 e. The molecule has 0 saturated carbocycles. The molecule has 0 radical (unpaired) electrons. The van der Waals surface area contributed by atoms with Gasteiger partial charge in [0.15, 0.2) is 5.11 Å². The molecule has 0 aliphatic rings. The van der Waals surface area contributed by atoms with Crippen molar-refractivity contribution in [2.45, 2.75) is 0 Å². The van der Waals surface area contributed by atoms with E-state index < -0.39 is 0 Å². The third-order valence-corrected chi connectivity index (χ3v) is 3.53. The van der Waals surface area contributed by atoms with E-state index in [4.69, 9.17) is 23.7 Å². The first-order valence-electron chi connectivity index (χ1n) is 7.37. The molecular weight excluding hydrogens is 537 g/mol. The molecule has 3 rings (SSSR count). The number of anilines is 1. The van der Waals surface area contributed by atoms with Crippen LogP contribution in [0.4, 0.5) is 5.69 Å². The second-order valence-corrected chi connectivity index (χ2v) is 5.21. The van der Waals surface area contributed by atoms with E-state index in [9.17, 15) is 0 Å². The maximum Gasteiger partial charge on any atom is 2.00 e. The molecule has 0 amide bonds. The van der Waals surface area contributed by atoms with Gasteiger partial charge in [-0.3, -0.25) is 0 Å². The molecule has 8 heteroatoms. The summed E-state index contributed by atoms with van der Waals surface area (Å²) in [6.45, 7) is 1.19. The Morgan fingerprint density at radius 3 is 1.80 bits per heavy atom. The van der Waals surface area contributed by atoms with Crippen LogP contribution in [0.2, 0.25) is 0 Å². The van der Waals surface area contributed by atoms with Gasteiger partial charge in [0.2, 0.25) is 0 Å². The Morgan fingerprint density at radius 2 is 1.40 bits per heavy atom. The van der Waals surface area contributed by atoms with Crippen molar-refractivity contribution in [3.63, 3.8) is 0 Å². The smallest absolute Gasteiger partial charge is 1.00 e. The molecule has 0 saturated heterocycles. The van der Waals surface area contributed by atoms with Gasteiger partial charge in [0.1, 0.15) is 0 Å². The van der Waals surface area contributed by atoms with Crippen molar-refractivity contribution in [2.75, 3.05) is 25.5 Å². The standard InChI is InChI=1S/C15H13N3S.C2H8N2.ClH.Pt/c1-16-15(19)18-14-10-6-2-4-8-12(10)17-13-9-5-3-7-11(13)14;3-1-2-4;;/h2-9H,1H3,(H2,16,17,18,19);1-4H2;1H;/q;;;+2/p-1. The number of para-hydroxylation sites is 2. The van der Waals surface area contributed by atoms with Gasteiger partial charge in [-0.25, -0.2) is 4.98 Å². The molecule has 136 valence electrons. The molecular formula is C17H21ClN5PtS+. The molecule has 25 heavy (non-hydrogen) atoms. The van der Waals surface area contributed by atoms with E-state index in [1.54, 1.807) is 7.05 Å². The Morgan fingerprint density at radius 1 is 0.960 bits per heavy atom. The first kappa shape index (κ1) is 23.7. The molecule has 3 aromatic rings. The van der Waals surface area contributed by atoms with Gasteiger partial charge in [-0.1, -0.05) is 36.4 Å². The average Bonchev–Trinajstić information content (AvgIpc) is 2.61. The summed E-state index contributed by atoms with van der Waals surface area (Å²) in [5, 5.41) is 8.94. The molecule has 0 aliphatic heterocycles. The molecule has 0 aliphatic carbocycles. The third-order valence-electron chi connectivity index (χ3n) is 3.22. The number of thiocarbonyl (C=S) groups is 1. The van der Waals surface area contributed by atoms with Crippen LogP contribution in [-0.4, -0.2) is 30.2 Å². The summed E-state index contributed by atoms with van der Waals surface area (Å²) in [6.07, 6.45) is 0. The second kappa shape index (κ2) is 12.1. The topological polar surface area (TPSA) is 89.0 Å². The van der Waals surface area contributed by atoms with Crippen LogP contribution in [0.15, 0.2) is 48.5 Å². The maximum absolute atomic E-state index is 5.22. The fraction of sp³-hybridized carbons (Fsp3) is 0.176. The van der Waals surface area contributed by atoms with Crippen molar-refractivity contribution in [2.24, 2.45) is 11.5 Å². The van der Waals surface area contributed by atoms with Gasteiger partial charge in [-0.15, -0.1) is 0 Å². The zero-order valence-corrected chi connectivity index (χ0v) is 17.6. The third kappa shape index (κ3) is 6.17. The molecule has 0 spiro atoms. The molecule has 5 nitrogen and oxygen atoms in total. The number of pyridine rings is 1. The number of nitrogens with two attached hydrogens (primary N) is 2. The Bertz CT molecular complexity index is 759. The summed E-state index contributed by atoms with van der Waals surface area (Å²) in [4.78, 5) is 4.67. The van der Waals surface area contributed by atoms with Crippen LogP contribution >= 0.6 is 12.2 Å². The van der Waals surface area contributed by atoms with E-state index in [1.165, 1.54) is 0 Å². The molecule has 2 aromatic carbocycles. The van der Waals surface area contributed by atoms with Gasteiger partial charge in [0, 0.05) is 30.9 Å². The summed E-state index contributed by atoms with van der Waals surface area (Å²) >= 11 is 5.22. The van der Waals surface area contributed by atoms with Crippen LogP contribution in [0.1, 0.15) is 0 Å². The Hall–Kier alpha value is -1.30. The Kier molecular flexibility index (Phi) is 11.5. The van der Waals surface area contributed by atoms with Crippen molar-refractivity contribution in [3.05, 3.63) is 48.5 Å². The molecule has 0 bridgehead atoms. The van der Waals surface area contributed by atoms with Gasteiger partial charge in [-0.05, 0) is 24.4 Å². The SMILES string of the molecule is CNC(=S)Nc1c2ccccc2nc2ccccc12.NCCN.[Cl-].[Pt+2]. The maximum atomic E-state index is 5.22. The Balaban J connectivity index is 0.000000874. The molecule has 0 unspecified atom stereocenters. The predicted octanol–water partition coefficient (Wildman–Crippen LogP) is -0.790. The number of fused-ring (bicyclic) bond motifs is 2. The number of hydrogen-bond donors (Lipinski definition) is 4. The summed E-state index contributed by atoms with van der Waals surface area (Å²) in [6, 6.07) is 16.1. The van der Waals surface area contributed by atoms with Crippen LogP contribution in [-0.2, 0) is 21.1 Å². The van der Waals surface area contributed by atoms with Gasteiger partial charge in [0.05, 0.1) is 16.7 Å². The zero-order chi connectivity index (χ0) is 16.7. The normalized spacial score (nSPS) is 9.24.